The Kier molecular flexibility index (Phi) is 5.46. The van der Waals surface area contributed by atoms with E-state index in [0.717, 1.165) is 11.3 Å². The molecule has 1 amide bonds. The fraction of sp³-hybridized carbons (Fsp3) is 0.286. The van der Waals surface area contributed by atoms with E-state index in [1.54, 1.807) is 12.5 Å². The SMILES string of the molecule is CC(C)n1cnc(C(=O)N(Cc2ccccc2)[C@@H](C)c2ccccn2)c1. The Morgan fingerprint density at radius 3 is 2.38 bits per heavy atom. The van der Waals surface area contributed by atoms with Crippen molar-refractivity contribution < 1.29 is 4.79 Å². The lowest BCUT2D eigenvalue weighted by Gasteiger charge is -2.28. The zero-order valence-corrected chi connectivity index (χ0v) is 15.4. The van der Waals surface area contributed by atoms with Crippen molar-refractivity contribution in [3.05, 3.63) is 84.2 Å². The predicted molar refractivity (Wildman–Crippen MR) is 102 cm³/mol. The molecule has 5 nitrogen and oxygen atoms in total. The number of aromatic nitrogens is 3. The molecule has 1 atom stereocenters. The maximum absolute atomic E-state index is 13.2. The van der Waals surface area contributed by atoms with E-state index >= 15 is 0 Å². The van der Waals surface area contributed by atoms with E-state index in [9.17, 15) is 4.79 Å². The summed E-state index contributed by atoms with van der Waals surface area (Å²) in [5.41, 5.74) is 2.39. The summed E-state index contributed by atoms with van der Waals surface area (Å²) >= 11 is 0. The highest BCUT2D eigenvalue weighted by Crippen LogP contribution is 2.23. The fourth-order valence-corrected chi connectivity index (χ4v) is 2.82. The van der Waals surface area contributed by atoms with Gasteiger partial charge < -0.3 is 9.47 Å². The molecule has 1 aromatic carbocycles. The van der Waals surface area contributed by atoms with Gasteiger partial charge in [0.1, 0.15) is 5.69 Å². The van der Waals surface area contributed by atoms with Gasteiger partial charge in [-0.2, -0.15) is 0 Å². The van der Waals surface area contributed by atoms with Gasteiger partial charge in [-0.3, -0.25) is 9.78 Å². The molecule has 3 aromatic rings. The second kappa shape index (κ2) is 7.95. The number of imidazole rings is 1. The normalized spacial score (nSPS) is 12.2. The standard InChI is InChI=1S/C21H24N4O/c1-16(2)24-14-20(23-15-24)21(26)25(13-18-9-5-4-6-10-18)17(3)19-11-7-8-12-22-19/h4-12,14-17H,13H2,1-3H3/t17-/m0/s1. The van der Waals surface area contributed by atoms with Crippen LogP contribution in [-0.4, -0.2) is 25.3 Å². The quantitative estimate of drug-likeness (QED) is 0.669. The molecule has 0 radical (unpaired) electrons. The van der Waals surface area contributed by atoms with Crippen LogP contribution in [0.2, 0.25) is 0 Å². The number of rotatable bonds is 6. The van der Waals surface area contributed by atoms with Gasteiger partial charge in [-0.25, -0.2) is 4.98 Å². The van der Waals surface area contributed by atoms with Crippen LogP contribution in [0.15, 0.2) is 67.3 Å². The van der Waals surface area contributed by atoms with Crippen molar-refractivity contribution in [3.8, 4) is 0 Å². The summed E-state index contributed by atoms with van der Waals surface area (Å²) in [5, 5.41) is 0. The first-order valence-electron chi connectivity index (χ1n) is 8.85. The van der Waals surface area contributed by atoms with Crippen LogP contribution in [0.1, 0.15) is 54.6 Å². The molecule has 0 aliphatic rings. The maximum atomic E-state index is 13.2. The Morgan fingerprint density at radius 1 is 1.04 bits per heavy atom. The second-order valence-electron chi connectivity index (χ2n) is 6.65. The van der Waals surface area contributed by atoms with Gasteiger partial charge in [-0.1, -0.05) is 36.4 Å². The lowest BCUT2D eigenvalue weighted by Crippen LogP contribution is -2.33. The highest BCUT2D eigenvalue weighted by atomic mass is 16.2. The van der Waals surface area contributed by atoms with Crippen LogP contribution in [-0.2, 0) is 6.54 Å². The smallest absolute Gasteiger partial charge is 0.274 e. The molecule has 0 saturated carbocycles. The molecular weight excluding hydrogens is 324 g/mol. The highest BCUT2D eigenvalue weighted by Gasteiger charge is 2.25. The number of pyridine rings is 1. The molecule has 2 aromatic heterocycles. The van der Waals surface area contributed by atoms with Gasteiger partial charge in [0, 0.05) is 25.0 Å². The first-order valence-corrected chi connectivity index (χ1v) is 8.85. The van der Waals surface area contributed by atoms with Crippen molar-refractivity contribution in [1.82, 2.24) is 19.4 Å². The number of hydrogen-bond donors (Lipinski definition) is 0. The van der Waals surface area contributed by atoms with Gasteiger partial charge in [-0.05, 0) is 38.5 Å². The largest absolute Gasteiger partial charge is 0.334 e. The lowest BCUT2D eigenvalue weighted by atomic mass is 10.1. The molecular formula is C21H24N4O. The minimum Gasteiger partial charge on any atom is -0.334 e. The molecule has 0 aliphatic heterocycles. The van der Waals surface area contributed by atoms with Crippen molar-refractivity contribution in [3.63, 3.8) is 0 Å². The van der Waals surface area contributed by atoms with E-state index in [2.05, 4.69) is 23.8 Å². The Hall–Kier alpha value is -2.95. The van der Waals surface area contributed by atoms with E-state index < -0.39 is 0 Å². The van der Waals surface area contributed by atoms with Crippen LogP contribution in [0.4, 0.5) is 0 Å². The van der Waals surface area contributed by atoms with Gasteiger partial charge in [0.15, 0.2) is 0 Å². The van der Waals surface area contributed by atoms with Crippen LogP contribution in [0.5, 0.6) is 0 Å². The van der Waals surface area contributed by atoms with Crippen molar-refractivity contribution in [2.24, 2.45) is 0 Å². The van der Waals surface area contributed by atoms with Crippen LogP contribution in [0, 0.1) is 0 Å². The predicted octanol–water partition coefficient (Wildman–Crippen LogP) is 4.26. The molecule has 0 aliphatic carbocycles. The molecule has 0 bridgehead atoms. The highest BCUT2D eigenvalue weighted by molar-refractivity contribution is 5.92. The van der Waals surface area contributed by atoms with Crippen molar-refractivity contribution in [2.75, 3.05) is 0 Å². The Morgan fingerprint density at radius 2 is 1.77 bits per heavy atom. The number of hydrogen-bond acceptors (Lipinski definition) is 3. The van der Waals surface area contributed by atoms with Gasteiger partial charge >= 0.3 is 0 Å². The first kappa shape index (κ1) is 17.9. The Balaban J connectivity index is 1.92. The van der Waals surface area contributed by atoms with Crippen LogP contribution in [0.25, 0.3) is 0 Å². The van der Waals surface area contributed by atoms with Crippen molar-refractivity contribution in [1.29, 1.82) is 0 Å². The number of carbonyl (C=O) groups excluding carboxylic acids is 1. The lowest BCUT2D eigenvalue weighted by molar-refractivity contribution is 0.0664. The van der Waals surface area contributed by atoms with E-state index in [1.807, 2.05) is 71.1 Å². The molecule has 0 spiro atoms. The third-order valence-electron chi connectivity index (χ3n) is 4.46. The van der Waals surface area contributed by atoms with Crippen LogP contribution < -0.4 is 0 Å². The molecule has 3 rings (SSSR count). The van der Waals surface area contributed by atoms with E-state index in [0.29, 0.717) is 12.2 Å². The number of benzene rings is 1. The average Bonchev–Trinajstić information content (AvgIpc) is 3.17. The molecule has 5 heteroatoms. The van der Waals surface area contributed by atoms with Gasteiger partial charge in [0.05, 0.1) is 18.1 Å². The van der Waals surface area contributed by atoms with Gasteiger partial charge in [-0.15, -0.1) is 0 Å². The van der Waals surface area contributed by atoms with Gasteiger partial charge in [0.25, 0.3) is 5.91 Å². The summed E-state index contributed by atoms with van der Waals surface area (Å²) < 4.78 is 1.94. The van der Waals surface area contributed by atoms with Gasteiger partial charge in [0.2, 0.25) is 0 Å². The van der Waals surface area contributed by atoms with E-state index in [4.69, 9.17) is 0 Å². The Labute approximate surface area is 154 Å². The summed E-state index contributed by atoms with van der Waals surface area (Å²) in [6, 6.07) is 15.9. The van der Waals surface area contributed by atoms with E-state index in [-0.39, 0.29) is 18.0 Å². The number of nitrogens with zero attached hydrogens (tertiary/aromatic N) is 4. The molecule has 0 fully saturated rings. The molecule has 134 valence electrons. The molecule has 0 saturated heterocycles. The Bertz CT molecular complexity index is 843. The molecule has 26 heavy (non-hydrogen) atoms. The summed E-state index contributed by atoms with van der Waals surface area (Å²) in [6.07, 6.45) is 5.28. The zero-order chi connectivity index (χ0) is 18.5. The second-order valence-corrected chi connectivity index (χ2v) is 6.65. The third-order valence-corrected chi connectivity index (χ3v) is 4.46. The fourth-order valence-electron chi connectivity index (χ4n) is 2.82. The number of amides is 1. The number of carbonyl (C=O) groups is 1. The van der Waals surface area contributed by atoms with E-state index in [1.165, 1.54) is 0 Å². The minimum absolute atomic E-state index is 0.0913. The summed E-state index contributed by atoms with van der Waals surface area (Å²) in [7, 11) is 0. The monoisotopic (exact) mass is 348 g/mol. The third kappa shape index (κ3) is 3.99. The first-order chi connectivity index (χ1) is 12.6. The maximum Gasteiger partial charge on any atom is 0.274 e. The summed E-state index contributed by atoms with van der Waals surface area (Å²) in [5.74, 6) is -0.0913. The molecule has 0 N–H and O–H groups in total. The van der Waals surface area contributed by atoms with Crippen molar-refractivity contribution in [2.45, 2.75) is 39.4 Å². The minimum atomic E-state index is -0.159. The summed E-state index contributed by atoms with van der Waals surface area (Å²) in [4.78, 5) is 23.8. The summed E-state index contributed by atoms with van der Waals surface area (Å²) in [6.45, 7) is 6.64. The van der Waals surface area contributed by atoms with Crippen molar-refractivity contribution >= 4 is 5.91 Å². The van der Waals surface area contributed by atoms with Crippen LogP contribution in [0.3, 0.4) is 0 Å². The average molecular weight is 348 g/mol. The topological polar surface area (TPSA) is 51.0 Å². The van der Waals surface area contributed by atoms with Crippen LogP contribution >= 0.6 is 0 Å². The molecule has 0 unspecified atom stereocenters. The zero-order valence-electron chi connectivity index (χ0n) is 15.4. The molecule has 2 heterocycles.